The molecule has 4 aliphatic carbocycles. The van der Waals surface area contributed by atoms with Crippen molar-refractivity contribution in [3.05, 3.63) is 23.8 Å². The van der Waals surface area contributed by atoms with Crippen molar-refractivity contribution in [1.29, 1.82) is 0 Å². The first kappa shape index (κ1) is 22.8. The van der Waals surface area contributed by atoms with Crippen LogP contribution in [0.5, 0.6) is 0 Å². The highest BCUT2D eigenvalue weighted by atomic mass is 32.3. The second kappa shape index (κ2) is 6.56. The van der Waals surface area contributed by atoms with Crippen molar-refractivity contribution < 1.29 is 36.2 Å². The highest BCUT2D eigenvalue weighted by molar-refractivity contribution is 7.81. The van der Waals surface area contributed by atoms with Gasteiger partial charge in [0.15, 0.2) is 22.8 Å². The monoisotopic (exact) mass is 456 g/mol. The molecule has 172 valence electrons. The van der Waals surface area contributed by atoms with Crippen LogP contribution in [0.3, 0.4) is 0 Å². The van der Waals surface area contributed by atoms with Crippen molar-refractivity contribution >= 4 is 22.0 Å². The zero-order valence-electron chi connectivity index (χ0n) is 18.1. The molecule has 0 spiro atoms. The number of alkyl halides is 1. The normalized spacial score (nSPS) is 49.1. The van der Waals surface area contributed by atoms with E-state index in [1.807, 2.05) is 6.92 Å². The summed E-state index contributed by atoms with van der Waals surface area (Å²) in [6, 6.07) is 0. The largest absolute Gasteiger partial charge is 0.398 e. The molecule has 0 aromatic rings. The van der Waals surface area contributed by atoms with Gasteiger partial charge in [-0.05, 0) is 63.5 Å². The lowest BCUT2D eigenvalue weighted by Gasteiger charge is -2.63. The minimum atomic E-state index is -4.96. The SMILES string of the molecule is CC(=O)[C@@]1(OS(=O)(=O)O)CC[C@H]2[C@@H]3C[C@H](C)C4=CC(=O)C=C[C@]4(C)[C@@]3(F)[C@@H](O)C[C@@]21C. The molecule has 0 unspecified atom stereocenters. The molecule has 0 aromatic carbocycles. The van der Waals surface area contributed by atoms with Crippen molar-refractivity contribution in [3.63, 3.8) is 0 Å². The summed E-state index contributed by atoms with van der Waals surface area (Å²) < 4.78 is 54.9. The predicted molar refractivity (Wildman–Crippen MR) is 109 cm³/mol. The topological polar surface area (TPSA) is 118 Å². The second-order valence-corrected chi connectivity index (χ2v) is 11.2. The van der Waals surface area contributed by atoms with Crippen LogP contribution in [0.4, 0.5) is 4.39 Å². The Morgan fingerprint density at radius 3 is 2.52 bits per heavy atom. The van der Waals surface area contributed by atoms with Crippen LogP contribution in [-0.4, -0.2) is 47.0 Å². The molecular formula is C22H29FO7S. The van der Waals surface area contributed by atoms with Gasteiger partial charge in [0.05, 0.1) is 6.10 Å². The van der Waals surface area contributed by atoms with Gasteiger partial charge in [0.25, 0.3) is 0 Å². The van der Waals surface area contributed by atoms with Gasteiger partial charge in [-0.3, -0.25) is 14.1 Å². The molecule has 4 aliphatic rings. The van der Waals surface area contributed by atoms with E-state index in [0.29, 0.717) is 18.4 Å². The molecular weight excluding hydrogens is 427 g/mol. The summed E-state index contributed by atoms with van der Waals surface area (Å²) in [6.07, 6.45) is 3.26. The van der Waals surface area contributed by atoms with Gasteiger partial charge in [-0.15, -0.1) is 0 Å². The molecule has 0 radical (unpaired) electrons. The Morgan fingerprint density at radius 1 is 1.29 bits per heavy atom. The number of carbonyl (C=O) groups is 2. The van der Waals surface area contributed by atoms with Gasteiger partial charge in [0, 0.05) is 16.7 Å². The van der Waals surface area contributed by atoms with Crippen LogP contribution in [-0.2, 0) is 24.2 Å². The molecule has 4 rings (SSSR count). The van der Waals surface area contributed by atoms with E-state index in [4.69, 9.17) is 4.18 Å². The van der Waals surface area contributed by atoms with Gasteiger partial charge < -0.3 is 5.11 Å². The molecule has 8 atom stereocenters. The zero-order valence-corrected chi connectivity index (χ0v) is 18.9. The smallest absolute Gasteiger partial charge is 0.390 e. The maximum atomic E-state index is 17.1. The number of halogens is 1. The lowest BCUT2D eigenvalue weighted by Crippen LogP contribution is -2.70. The van der Waals surface area contributed by atoms with Gasteiger partial charge in [0.2, 0.25) is 0 Å². The van der Waals surface area contributed by atoms with E-state index in [9.17, 15) is 27.7 Å². The van der Waals surface area contributed by atoms with E-state index in [1.54, 1.807) is 19.9 Å². The number of rotatable bonds is 3. The molecule has 7 nitrogen and oxygen atoms in total. The number of fused-ring (bicyclic) bond motifs is 5. The summed E-state index contributed by atoms with van der Waals surface area (Å²) in [7, 11) is -4.96. The number of hydrogen-bond donors (Lipinski definition) is 2. The third-order valence-electron chi connectivity index (χ3n) is 8.91. The average Bonchev–Trinajstić information content (AvgIpc) is 2.91. The molecule has 0 saturated heterocycles. The summed E-state index contributed by atoms with van der Waals surface area (Å²) in [5.41, 5.74) is -5.72. The van der Waals surface area contributed by atoms with Crippen LogP contribution in [0.1, 0.15) is 53.4 Å². The molecule has 0 aromatic heterocycles. The Kier molecular flexibility index (Phi) is 4.81. The fourth-order valence-corrected chi connectivity index (χ4v) is 8.29. The summed E-state index contributed by atoms with van der Waals surface area (Å²) in [6.45, 7) is 6.46. The Labute approximate surface area is 181 Å². The van der Waals surface area contributed by atoms with E-state index < -0.39 is 56.2 Å². The molecule has 0 heterocycles. The first-order chi connectivity index (χ1) is 14.1. The Hall–Kier alpha value is -1.42. The van der Waals surface area contributed by atoms with Crippen LogP contribution in [0, 0.1) is 28.6 Å². The fourth-order valence-electron chi connectivity index (χ4n) is 7.54. The fraction of sp³-hybridized carbons (Fsp3) is 0.727. The third-order valence-corrected chi connectivity index (χ3v) is 9.40. The van der Waals surface area contributed by atoms with Gasteiger partial charge in [-0.2, -0.15) is 8.42 Å². The molecule has 0 bridgehead atoms. The standard InChI is InChI=1S/C22H29FO7S/c1-12-9-17-15-6-8-21(13(2)24,30-31(27,28)29)20(15,4)11-18(26)22(17,23)19(3)7-5-14(25)10-16(12)19/h5,7,10,12,15,17-18,26H,6,8-9,11H2,1-4H3,(H,27,28,29)/t12-,15-,17-,18-,19-,20-,21-,22-/m0/s1. The van der Waals surface area contributed by atoms with Gasteiger partial charge in [-0.1, -0.05) is 25.5 Å². The minimum Gasteiger partial charge on any atom is -0.390 e. The summed E-state index contributed by atoms with van der Waals surface area (Å²) >= 11 is 0. The number of carbonyl (C=O) groups excluding carboxylic acids is 2. The third kappa shape index (κ3) is 2.76. The van der Waals surface area contributed by atoms with Crippen LogP contribution < -0.4 is 0 Å². The summed E-state index contributed by atoms with van der Waals surface area (Å²) in [5.74, 6) is -2.08. The Balaban J connectivity index is 1.87. The van der Waals surface area contributed by atoms with Crippen molar-refractivity contribution in [2.24, 2.45) is 28.6 Å². The van der Waals surface area contributed by atoms with Crippen molar-refractivity contribution in [2.75, 3.05) is 0 Å². The number of Topliss-reactive ketones (excluding diaryl/α,β-unsaturated/α-hetero) is 1. The number of aliphatic hydroxyl groups is 1. The van der Waals surface area contributed by atoms with E-state index >= 15 is 4.39 Å². The Morgan fingerprint density at radius 2 is 1.94 bits per heavy atom. The number of ketones is 2. The van der Waals surface area contributed by atoms with Crippen LogP contribution in [0.25, 0.3) is 0 Å². The zero-order chi connectivity index (χ0) is 23.2. The molecule has 31 heavy (non-hydrogen) atoms. The van der Waals surface area contributed by atoms with Gasteiger partial charge >= 0.3 is 10.4 Å². The van der Waals surface area contributed by atoms with Crippen molar-refractivity contribution in [2.45, 2.75) is 70.8 Å². The van der Waals surface area contributed by atoms with Gasteiger partial charge in [-0.25, -0.2) is 8.57 Å². The Bertz CT molecular complexity index is 1020. The minimum absolute atomic E-state index is 0.00467. The molecule has 3 saturated carbocycles. The lowest BCUT2D eigenvalue weighted by molar-refractivity contribution is -0.216. The highest BCUT2D eigenvalue weighted by Gasteiger charge is 2.75. The van der Waals surface area contributed by atoms with Crippen LogP contribution in [0.15, 0.2) is 23.8 Å². The maximum absolute atomic E-state index is 17.1. The van der Waals surface area contributed by atoms with E-state index in [1.165, 1.54) is 19.1 Å². The predicted octanol–water partition coefficient (Wildman–Crippen LogP) is 2.75. The van der Waals surface area contributed by atoms with E-state index in [-0.39, 0.29) is 24.5 Å². The number of aliphatic hydroxyl groups excluding tert-OH is 1. The van der Waals surface area contributed by atoms with Crippen LogP contribution >= 0.6 is 0 Å². The molecule has 0 amide bonds. The van der Waals surface area contributed by atoms with E-state index in [0.717, 1.165) is 0 Å². The van der Waals surface area contributed by atoms with E-state index in [2.05, 4.69) is 0 Å². The quantitative estimate of drug-likeness (QED) is 0.627. The number of hydrogen-bond acceptors (Lipinski definition) is 6. The first-order valence-electron chi connectivity index (χ1n) is 10.6. The first-order valence-corrected chi connectivity index (χ1v) is 12.0. The second-order valence-electron chi connectivity index (χ2n) is 10.2. The summed E-state index contributed by atoms with van der Waals surface area (Å²) in [5, 5.41) is 11.2. The number of allylic oxidation sites excluding steroid dienone is 4. The highest BCUT2D eigenvalue weighted by Crippen LogP contribution is 2.71. The lowest BCUT2D eigenvalue weighted by atomic mass is 9.43. The molecule has 3 fully saturated rings. The van der Waals surface area contributed by atoms with Crippen molar-refractivity contribution in [1.82, 2.24) is 0 Å². The van der Waals surface area contributed by atoms with Crippen molar-refractivity contribution in [3.8, 4) is 0 Å². The summed E-state index contributed by atoms with van der Waals surface area (Å²) in [4.78, 5) is 24.7. The maximum Gasteiger partial charge on any atom is 0.398 e. The van der Waals surface area contributed by atoms with Crippen LogP contribution in [0.2, 0.25) is 0 Å². The molecule has 9 heteroatoms. The molecule has 0 aliphatic heterocycles. The molecule has 2 N–H and O–H groups in total. The average molecular weight is 457 g/mol. The van der Waals surface area contributed by atoms with Gasteiger partial charge in [0.1, 0.15) is 0 Å².